The summed E-state index contributed by atoms with van der Waals surface area (Å²) in [7, 11) is -7.32. The summed E-state index contributed by atoms with van der Waals surface area (Å²) in [6, 6.07) is 45.5. The second-order valence-corrected chi connectivity index (χ2v) is 13.1. The molecule has 0 unspecified atom stereocenters. The van der Waals surface area contributed by atoms with Crippen LogP contribution < -0.4 is 21.2 Å². The molecule has 5 aromatic carbocycles. The van der Waals surface area contributed by atoms with E-state index in [1.54, 1.807) is 48.5 Å². The number of benzene rings is 5. The summed E-state index contributed by atoms with van der Waals surface area (Å²) in [4.78, 5) is 0. The van der Waals surface area contributed by atoms with Crippen molar-refractivity contribution in [3.05, 3.63) is 157 Å². The van der Waals surface area contributed by atoms with E-state index in [-0.39, 0.29) is 0 Å². The molecule has 0 radical (unpaired) electrons. The van der Waals surface area contributed by atoms with Crippen molar-refractivity contribution in [2.75, 3.05) is 0 Å². The molecule has 6 heteroatoms. The van der Waals surface area contributed by atoms with Crippen molar-refractivity contribution in [3.8, 4) is 0 Å². The summed E-state index contributed by atoms with van der Waals surface area (Å²) in [5.41, 5.74) is 0.613. The van der Waals surface area contributed by atoms with Crippen LogP contribution in [0.4, 0.5) is 0 Å². The first kappa shape index (κ1) is 25.1. The topological polar surface area (TPSA) is 52.6 Å². The van der Waals surface area contributed by atoms with Gasteiger partial charge in [-0.05, 0) is 48.5 Å². The van der Waals surface area contributed by atoms with E-state index in [2.05, 4.69) is 0 Å². The number of hydrogen-bond donors (Lipinski definition) is 0. The monoisotopic (exact) mass is 524 g/mol. The molecule has 0 N–H and O–H groups in total. The lowest BCUT2D eigenvalue weighted by molar-refractivity contribution is 0.0157. The zero-order valence-corrected chi connectivity index (χ0v) is 21.8. The highest BCUT2D eigenvalue weighted by molar-refractivity contribution is 7.75. The molecule has 0 saturated carbocycles. The van der Waals surface area contributed by atoms with Gasteiger partial charge in [0.2, 0.25) is 0 Å². The van der Waals surface area contributed by atoms with Gasteiger partial charge in [-0.25, -0.2) is 0 Å². The third kappa shape index (κ3) is 5.44. The van der Waals surface area contributed by atoms with E-state index in [1.165, 1.54) is 0 Å². The fourth-order valence-electron chi connectivity index (χ4n) is 4.06. The lowest BCUT2D eigenvalue weighted by atomic mass is 10.2. The standard InChI is InChI=1S/C31H26O4P2/c32-36(27-18-8-2-9-19-27,28-20-10-3-11-21-28)34-31(26-16-6-1-7-17-26)35-37(33,29-22-12-4-13-23-29)30-24-14-5-15-25-30/h1-25,31H. The Morgan fingerprint density at radius 2 is 0.622 bits per heavy atom. The van der Waals surface area contributed by atoms with Crippen molar-refractivity contribution in [2.45, 2.75) is 6.29 Å². The predicted molar refractivity (Wildman–Crippen MR) is 151 cm³/mol. The summed E-state index contributed by atoms with van der Waals surface area (Å²) in [6.07, 6.45) is -1.18. The molecule has 5 rings (SSSR count). The van der Waals surface area contributed by atoms with Gasteiger partial charge in [-0.1, -0.05) is 103 Å². The van der Waals surface area contributed by atoms with E-state index < -0.39 is 21.0 Å². The van der Waals surface area contributed by atoms with Crippen LogP contribution in [0.25, 0.3) is 0 Å². The van der Waals surface area contributed by atoms with Gasteiger partial charge < -0.3 is 0 Å². The van der Waals surface area contributed by atoms with Crippen LogP contribution >= 0.6 is 14.7 Å². The van der Waals surface area contributed by atoms with Crippen LogP contribution in [0.5, 0.6) is 0 Å². The molecule has 4 nitrogen and oxygen atoms in total. The number of rotatable bonds is 9. The summed E-state index contributed by atoms with van der Waals surface area (Å²) >= 11 is 0. The molecule has 0 aliphatic rings. The van der Waals surface area contributed by atoms with Crippen molar-refractivity contribution in [3.63, 3.8) is 0 Å². The molecule has 0 aliphatic carbocycles. The van der Waals surface area contributed by atoms with E-state index in [1.807, 2.05) is 103 Å². The summed E-state index contributed by atoms with van der Waals surface area (Å²) < 4.78 is 42.5. The first-order valence-corrected chi connectivity index (χ1v) is 15.2. The highest BCUT2D eigenvalue weighted by Gasteiger charge is 2.38. The molecule has 0 aliphatic heterocycles. The fourth-order valence-corrected chi connectivity index (χ4v) is 8.34. The predicted octanol–water partition coefficient (Wildman–Crippen LogP) is 6.58. The van der Waals surface area contributed by atoms with E-state index >= 15 is 0 Å². The molecule has 0 aromatic heterocycles. The maximum absolute atomic E-state index is 14.8. The van der Waals surface area contributed by atoms with Crippen LogP contribution in [0.1, 0.15) is 11.9 Å². The Balaban J connectivity index is 1.65. The Morgan fingerprint density at radius 1 is 0.378 bits per heavy atom. The van der Waals surface area contributed by atoms with Gasteiger partial charge in [-0.15, -0.1) is 0 Å². The lowest BCUT2D eigenvalue weighted by Crippen LogP contribution is -2.24. The van der Waals surface area contributed by atoms with Crippen LogP contribution in [0, 0.1) is 0 Å². The maximum atomic E-state index is 14.8. The second-order valence-electron chi connectivity index (χ2n) is 8.40. The molecule has 37 heavy (non-hydrogen) atoms. The van der Waals surface area contributed by atoms with Crippen LogP contribution in [-0.4, -0.2) is 0 Å². The van der Waals surface area contributed by atoms with Gasteiger partial charge in [0.15, 0.2) is 6.29 Å². The highest BCUT2D eigenvalue weighted by atomic mass is 31.2. The van der Waals surface area contributed by atoms with Crippen LogP contribution in [0.15, 0.2) is 152 Å². The van der Waals surface area contributed by atoms with E-state index in [0.717, 1.165) is 0 Å². The van der Waals surface area contributed by atoms with Crippen LogP contribution in [-0.2, 0) is 18.2 Å². The minimum absolute atomic E-state index is 0.528. The van der Waals surface area contributed by atoms with E-state index in [9.17, 15) is 9.13 Å². The first-order valence-electron chi connectivity index (χ1n) is 11.9. The quantitative estimate of drug-likeness (QED) is 0.162. The van der Waals surface area contributed by atoms with Crippen LogP contribution in [0.3, 0.4) is 0 Å². The molecule has 0 fully saturated rings. The summed E-state index contributed by atoms with van der Waals surface area (Å²) in [6.45, 7) is 0. The minimum atomic E-state index is -3.66. The number of hydrogen-bond acceptors (Lipinski definition) is 4. The molecule has 0 bridgehead atoms. The van der Waals surface area contributed by atoms with Crippen molar-refractivity contribution >= 4 is 36.0 Å². The van der Waals surface area contributed by atoms with Gasteiger partial charge in [-0.2, -0.15) is 0 Å². The molecule has 0 atom stereocenters. The average molecular weight is 524 g/mol. The molecule has 5 aromatic rings. The Hall–Kier alpha value is -3.52. The molecule has 0 amide bonds. The normalized spacial score (nSPS) is 11.9. The SMILES string of the molecule is O=P(OC(OP(=O)(c1ccccc1)c1ccccc1)c1ccccc1)(c1ccccc1)c1ccccc1. The van der Waals surface area contributed by atoms with Gasteiger partial charge in [-0.3, -0.25) is 18.2 Å². The van der Waals surface area contributed by atoms with Gasteiger partial charge in [0.05, 0.1) is 0 Å². The smallest absolute Gasteiger partial charge is 0.263 e. The van der Waals surface area contributed by atoms with Gasteiger partial charge in [0, 0.05) is 26.8 Å². The molecular formula is C31H26O4P2. The third-order valence-electron chi connectivity index (χ3n) is 5.94. The van der Waals surface area contributed by atoms with Crippen LogP contribution in [0.2, 0.25) is 0 Å². The summed E-state index contributed by atoms with van der Waals surface area (Å²) in [5, 5.41) is 2.11. The Labute approximate surface area is 217 Å². The third-order valence-corrected chi connectivity index (χ3v) is 10.8. The zero-order chi connectivity index (χ0) is 25.6. The average Bonchev–Trinajstić information content (AvgIpc) is 2.99. The molecule has 184 valence electrons. The largest absolute Gasteiger partial charge is 0.287 e. The zero-order valence-electron chi connectivity index (χ0n) is 20.0. The Morgan fingerprint density at radius 3 is 0.892 bits per heavy atom. The van der Waals surface area contributed by atoms with Crippen molar-refractivity contribution < 1.29 is 18.2 Å². The molecular weight excluding hydrogens is 498 g/mol. The second kappa shape index (κ2) is 11.3. The van der Waals surface area contributed by atoms with Crippen molar-refractivity contribution in [2.24, 2.45) is 0 Å². The van der Waals surface area contributed by atoms with Gasteiger partial charge in [0.25, 0.3) is 14.7 Å². The first-order chi connectivity index (χ1) is 18.1. The molecule has 0 saturated heterocycles. The lowest BCUT2D eigenvalue weighted by Gasteiger charge is -2.29. The summed E-state index contributed by atoms with van der Waals surface area (Å²) in [5.74, 6) is 0. The molecule has 0 spiro atoms. The fraction of sp³-hybridized carbons (Fsp3) is 0.0323. The van der Waals surface area contributed by atoms with Gasteiger partial charge in [0.1, 0.15) is 0 Å². The molecule has 0 heterocycles. The van der Waals surface area contributed by atoms with Gasteiger partial charge >= 0.3 is 0 Å². The van der Waals surface area contributed by atoms with E-state index in [4.69, 9.17) is 9.05 Å². The van der Waals surface area contributed by atoms with Crippen molar-refractivity contribution in [1.29, 1.82) is 0 Å². The van der Waals surface area contributed by atoms with Crippen molar-refractivity contribution in [1.82, 2.24) is 0 Å². The van der Waals surface area contributed by atoms with E-state index in [0.29, 0.717) is 26.8 Å². The Kier molecular flexibility index (Phi) is 7.65. The highest BCUT2D eigenvalue weighted by Crippen LogP contribution is 2.55. The maximum Gasteiger partial charge on any atom is 0.263 e. The minimum Gasteiger partial charge on any atom is -0.287 e. The Bertz CT molecular complexity index is 1320.